The topological polar surface area (TPSA) is 52.6 Å². The predicted molar refractivity (Wildman–Crippen MR) is 88.4 cm³/mol. The number of carbonyl (C=O) groups excluding carboxylic acids is 2. The second-order valence-corrected chi connectivity index (χ2v) is 7.16. The molecule has 0 aliphatic rings. The van der Waals surface area contributed by atoms with Gasteiger partial charge in [-0.3, -0.25) is 9.59 Å². The SMILES string of the molecule is CCOC(=O)CC(C(=O)OCC)C(C)(CC(C)C)CC(C)C. The molecule has 0 bridgehead atoms. The predicted octanol–water partition coefficient (Wildman–Crippen LogP) is 4.22. The molecule has 0 aromatic heterocycles. The maximum Gasteiger partial charge on any atom is 0.310 e. The average Bonchev–Trinajstić information content (AvgIpc) is 2.34. The summed E-state index contributed by atoms with van der Waals surface area (Å²) in [4.78, 5) is 24.4. The van der Waals surface area contributed by atoms with Crippen LogP contribution in [0.15, 0.2) is 0 Å². The van der Waals surface area contributed by atoms with Crippen LogP contribution in [0.4, 0.5) is 0 Å². The summed E-state index contributed by atoms with van der Waals surface area (Å²) in [7, 11) is 0. The molecule has 0 saturated carbocycles. The number of esters is 2. The van der Waals surface area contributed by atoms with Crippen LogP contribution in [0.2, 0.25) is 0 Å². The van der Waals surface area contributed by atoms with Crippen molar-refractivity contribution in [1.82, 2.24) is 0 Å². The molecule has 0 N–H and O–H groups in total. The monoisotopic (exact) mass is 314 g/mol. The van der Waals surface area contributed by atoms with Crippen LogP contribution in [-0.2, 0) is 19.1 Å². The van der Waals surface area contributed by atoms with Crippen molar-refractivity contribution in [3.8, 4) is 0 Å². The van der Waals surface area contributed by atoms with Gasteiger partial charge in [0.25, 0.3) is 0 Å². The first-order chi connectivity index (χ1) is 10.2. The molecule has 4 heteroatoms. The second-order valence-electron chi connectivity index (χ2n) is 7.16. The summed E-state index contributed by atoms with van der Waals surface area (Å²) in [6, 6.07) is 0. The van der Waals surface area contributed by atoms with Crippen LogP contribution in [0, 0.1) is 23.2 Å². The maximum absolute atomic E-state index is 12.5. The standard InChI is InChI=1S/C18H34O4/c1-8-21-16(19)10-15(17(20)22-9-2)18(7,11-13(3)4)12-14(5)6/h13-15H,8-12H2,1-7H3. The van der Waals surface area contributed by atoms with Crippen LogP contribution in [-0.4, -0.2) is 25.2 Å². The van der Waals surface area contributed by atoms with Gasteiger partial charge in [0.05, 0.1) is 25.6 Å². The van der Waals surface area contributed by atoms with Crippen LogP contribution >= 0.6 is 0 Å². The molecule has 0 radical (unpaired) electrons. The van der Waals surface area contributed by atoms with Gasteiger partial charge in [-0.1, -0.05) is 34.6 Å². The molecule has 0 fully saturated rings. The van der Waals surface area contributed by atoms with Gasteiger partial charge in [0.2, 0.25) is 0 Å². The Morgan fingerprint density at radius 3 is 1.73 bits per heavy atom. The summed E-state index contributed by atoms with van der Waals surface area (Å²) < 4.78 is 10.3. The Labute approximate surface area is 135 Å². The van der Waals surface area contributed by atoms with Gasteiger partial charge in [-0.15, -0.1) is 0 Å². The molecule has 22 heavy (non-hydrogen) atoms. The van der Waals surface area contributed by atoms with Gasteiger partial charge in [-0.2, -0.15) is 0 Å². The number of rotatable bonds is 10. The van der Waals surface area contributed by atoms with Crippen LogP contribution in [0.25, 0.3) is 0 Å². The highest BCUT2D eigenvalue weighted by Crippen LogP contribution is 2.42. The minimum atomic E-state index is -0.448. The zero-order chi connectivity index (χ0) is 17.3. The van der Waals surface area contributed by atoms with Gasteiger partial charge in [0, 0.05) is 0 Å². The van der Waals surface area contributed by atoms with Crippen molar-refractivity contribution in [3.05, 3.63) is 0 Å². The highest BCUT2D eigenvalue weighted by atomic mass is 16.5. The van der Waals surface area contributed by atoms with E-state index in [0.29, 0.717) is 25.0 Å². The minimum absolute atomic E-state index is 0.0998. The maximum atomic E-state index is 12.5. The second kappa shape index (κ2) is 9.86. The molecule has 0 saturated heterocycles. The Kier molecular flexibility index (Phi) is 9.38. The highest BCUT2D eigenvalue weighted by Gasteiger charge is 2.42. The van der Waals surface area contributed by atoms with Crippen LogP contribution < -0.4 is 0 Å². The van der Waals surface area contributed by atoms with Crippen molar-refractivity contribution in [1.29, 1.82) is 0 Å². The third kappa shape index (κ3) is 7.28. The van der Waals surface area contributed by atoms with Gasteiger partial charge in [-0.25, -0.2) is 0 Å². The van der Waals surface area contributed by atoms with E-state index in [1.807, 2.05) is 0 Å². The molecular formula is C18H34O4. The zero-order valence-corrected chi connectivity index (χ0v) is 15.4. The first-order valence-electron chi connectivity index (χ1n) is 8.48. The summed E-state index contributed by atoms with van der Waals surface area (Å²) in [5.41, 5.74) is -0.263. The molecule has 0 rings (SSSR count). The van der Waals surface area contributed by atoms with Gasteiger partial charge < -0.3 is 9.47 Å². The number of ether oxygens (including phenoxy) is 2. The van der Waals surface area contributed by atoms with Crippen LogP contribution in [0.3, 0.4) is 0 Å². The lowest BCUT2D eigenvalue weighted by atomic mass is 9.66. The summed E-state index contributed by atoms with van der Waals surface area (Å²) in [5.74, 6) is -0.152. The highest BCUT2D eigenvalue weighted by molar-refractivity contribution is 5.80. The number of hydrogen-bond donors (Lipinski definition) is 0. The van der Waals surface area contributed by atoms with E-state index in [-0.39, 0.29) is 23.8 Å². The van der Waals surface area contributed by atoms with Crippen molar-refractivity contribution in [3.63, 3.8) is 0 Å². The van der Waals surface area contributed by atoms with Gasteiger partial charge >= 0.3 is 11.9 Å². The molecule has 0 aromatic carbocycles. The summed E-state index contributed by atoms with van der Waals surface area (Å²) in [5, 5.41) is 0. The lowest BCUT2D eigenvalue weighted by Gasteiger charge is -2.38. The molecule has 0 aliphatic carbocycles. The van der Waals surface area contributed by atoms with Gasteiger partial charge in [-0.05, 0) is 43.9 Å². The normalized spacial score (nSPS) is 13.3. The molecule has 1 unspecified atom stereocenters. The van der Waals surface area contributed by atoms with E-state index in [1.165, 1.54) is 0 Å². The molecule has 0 aromatic rings. The quantitative estimate of drug-likeness (QED) is 0.567. The first kappa shape index (κ1) is 20.9. The van der Waals surface area contributed by atoms with Crippen molar-refractivity contribution in [2.75, 3.05) is 13.2 Å². The lowest BCUT2D eigenvalue weighted by Crippen LogP contribution is -2.39. The van der Waals surface area contributed by atoms with Crippen LogP contribution in [0.1, 0.15) is 67.7 Å². The number of carbonyl (C=O) groups is 2. The van der Waals surface area contributed by atoms with E-state index in [2.05, 4.69) is 34.6 Å². The van der Waals surface area contributed by atoms with Crippen LogP contribution in [0.5, 0.6) is 0 Å². The van der Waals surface area contributed by atoms with E-state index in [4.69, 9.17) is 9.47 Å². The molecular weight excluding hydrogens is 280 g/mol. The molecule has 1 atom stereocenters. The molecule has 0 spiro atoms. The van der Waals surface area contributed by atoms with Crippen molar-refractivity contribution in [2.45, 2.75) is 67.7 Å². The molecule has 0 aliphatic heterocycles. The molecule has 130 valence electrons. The van der Waals surface area contributed by atoms with Gasteiger partial charge in [0.15, 0.2) is 0 Å². The van der Waals surface area contributed by atoms with Crippen molar-refractivity contribution < 1.29 is 19.1 Å². The fourth-order valence-corrected chi connectivity index (χ4v) is 3.48. The summed E-state index contributed by atoms with van der Waals surface area (Å²) >= 11 is 0. The van der Waals surface area contributed by atoms with E-state index in [1.54, 1.807) is 13.8 Å². The minimum Gasteiger partial charge on any atom is -0.466 e. The van der Waals surface area contributed by atoms with Gasteiger partial charge in [0.1, 0.15) is 0 Å². The fourth-order valence-electron chi connectivity index (χ4n) is 3.48. The average molecular weight is 314 g/mol. The van der Waals surface area contributed by atoms with Crippen molar-refractivity contribution in [2.24, 2.45) is 23.2 Å². The molecule has 4 nitrogen and oxygen atoms in total. The van der Waals surface area contributed by atoms with E-state index >= 15 is 0 Å². The fraction of sp³-hybridized carbons (Fsp3) is 0.889. The summed E-state index contributed by atoms with van der Waals surface area (Å²) in [6.07, 6.45) is 1.87. The molecule has 0 amide bonds. The third-order valence-electron chi connectivity index (χ3n) is 3.84. The van der Waals surface area contributed by atoms with E-state index in [0.717, 1.165) is 12.8 Å². The Morgan fingerprint density at radius 2 is 1.36 bits per heavy atom. The Balaban J connectivity index is 5.41. The van der Waals surface area contributed by atoms with E-state index < -0.39 is 5.92 Å². The molecule has 0 heterocycles. The Morgan fingerprint density at radius 1 is 0.909 bits per heavy atom. The van der Waals surface area contributed by atoms with Crippen molar-refractivity contribution >= 4 is 11.9 Å². The lowest BCUT2D eigenvalue weighted by molar-refractivity contribution is -0.160. The largest absolute Gasteiger partial charge is 0.466 e. The van der Waals surface area contributed by atoms with E-state index in [9.17, 15) is 9.59 Å². The number of hydrogen-bond acceptors (Lipinski definition) is 4. The third-order valence-corrected chi connectivity index (χ3v) is 3.84. The zero-order valence-electron chi connectivity index (χ0n) is 15.4. The Hall–Kier alpha value is -1.06. The Bertz CT molecular complexity index is 337. The first-order valence-corrected chi connectivity index (χ1v) is 8.48. The smallest absolute Gasteiger partial charge is 0.310 e. The summed E-state index contributed by atoms with van der Waals surface area (Å²) in [6.45, 7) is 14.9.